The van der Waals surface area contributed by atoms with E-state index in [1.165, 1.54) is 11.1 Å². The van der Waals surface area contributed by atoms with Gasteiger partial charge in [0.1, 0.15) is 0 Å². The maximum absolute atomic E-state index is 13.3. The van der Waals surface area contributed by atoms with Crippen LogP contribution in [0.25, 0.3) is 0 Å². The van der Waals surface area contributed by atoms with Gasteiger partial charge in [-0.2, -0.15) is 15.5 Å². The topological polar surface area (TPSA) is 74.3 Å². The van der Waals surface area contributed by atoms with E-state index in [9.17, 15) is 4.79 Å². The second-order valence-electron chi connectivity index (χ2n) is 8.77. The molecule has 1 aliphatic heterocycles. The van der Waals surface area contributed by atoms with E-state index in [0.29, 0.717) is 24.1 Å². The lowest BCUT2D eigenvalue weighted by atomic mass is 9.93. The summed E-state index contributed by atoms with van der Waals surface area (Å²) >= 11 is 0. The van der Waals surface area contributed by atoms with Crippen molar-refractivity contribution >= 4 is 11.6 Å². The summed E-state index contributed by atoms with van der Waals surface area (Å²) in [6.07, 6.45) is 4.01. The molecule has 3 aromatic rings. The fourth-order valence-electron chi connectivity index (χ4n) is 4.01. The number of nitriles is 1. The quantitative estimate of drug-likeness (QED) is 0.637. The smallest absolute Gasteiger partial charge is 0.267 e. The van der Waals surface area contributed by atoms with Crippen LogP contribution in [-0.4, -0.2) is 31.9 Å². The number of hydrazone groups is 1. The summed E-state index contributed by atoms with van der Waals surface area (Å²) in [5, 5.41) is 19.7. The predicted octanol–water partition coefficient (Wildman–Crippen LogP) is 4.45. The number of carbonyl (C=O) groups is 1. The lowest BCUT2D eigenvalue weighted by Gasteiger charge is -2.28. The average molecular weight is 412 g/mol. The Morgan fingerprint density at radius 1 is 1.16 bits per heavy atom. The van der Waals surface area contributed by atoms with E-state index in [1.54, 1.807) is 28.2 Å². The lowest BCUT2D eigenvalue weighted by Crippen LogP contribution is -2.40. The molecule has 0 aliphatic carbocycles. The van der Waals surface area contributed by atoms with Crippen molar-refractivity contribution in [2.75, 3.05) is 0 Å². The molecule has 0 saturated heterocycles. The molecule has 0 saturated carbocycles. The van der Waals surface area contributed by atoms with Gasteiger partial charge in [0.25, 0.3) is 5.91 Å². The van der Waals surface area contributed by atoms with Crippen molar-refractivity contribution in [2.24, 2.45) is 5.10 Å². The molecule has 1 aromatic heterocycles. The van der Waals surface area contributed by atoms with Gasteiger partial charge in [-0.1, -0.05) is 41.5 Å². The van der Waals surface area contributed by atoms with Crippen molar-refractivity contribution < 1.29 is 4.79 Å². The lowest BCUT2D eigenvalue weighted by molar-refractivity contribution is 0.0612. The second-order valence-corrected chi connectivity index (χ2v) is 8.77. The van der Waals surface area contributed by atoms with Crippen LogP contribution < -0.4 is 0 Å². The Labute approximate surface area is 182 Å². The fourth-order valence-corrected chi connectivity index (χ4v) is 4.01. The van der Waals surface area contributed by atoms with E-state index in [2.05, 4.69) is 43.2 Å². The minimum Gasteiger partial charge on any atom is -0.267 e. The molecule has 6 nitrogen and oxygen atoms in total. The summed E-state index contributed by atoms with van der Waals surface area (Å²) in [4.78, 5) is 13.3. The summed E-state index contributed by atoms with van der Waals surface area (Å²) in [5.74, 6) is -0.165. The first-order valence-corrected chi connectivity index (χ1v) is 10.3. The number of hydrogen-bond acceptors (Lipinski definition) is 4. The number of carbonyl (C=O) groups excluding carboxylic acids is 1. The molecule has 0 bridgehead atoms. The Morgan fingerprint density at radius 2 is 1.90 bits per heavy atom. The van der Waals surface area contributed by atoms with E-state index in [0.717, 1.165) is 16.8 Å². The van der Waals surface area contributed by atoms with Crippen LogP contribution in [0.5, 0.6) is 0 Å². The Hall–Kier alpha value is -3.72. The first kappa shape index (κ1) is 20.5. The Morgan fingerprint density at radius 3 is 2.61 bits per heavy atom. The average Bonchev–Trinajstić information content (AvgIpc) is 3.30. The van der Waals surface area contributed by atoms with Gasteiger partial charge in [0.15, 0.2) is 0 Å². The number of amides is 1. The zero-order valence-corrected chi connectivity index (χ0v) is 18.3. The largest absolute Gasteiger partial charge is 0.277 e. The van der Waals surface area contributed by atoms with Gasteiger partial charge in [-0.3, -0.25) is 9.48 Å². The van der Waals surface area contributed by atoms with Crippen molar-refractivity contribution in [1.82, 2.24) is 14.8 Å². The second kappa shape index (κ2) is 7.84. The van der Waals surface area contributed by atoms with Crippen molar-refractivity contribution in [3.05, 3.63) is 88.2 Å². The summed E-state index contributed by atoms with van der Waals surface area (Å²) in [6, 6.07) is 15.9. The van der Waals surface area contributed by atoms with Gasteiger partial charge in [-0.25, -0.2) is 5.01 Å². The molecule has 1 aliphatic rings. The number of aryl methyl sites for hydroxylation is 2. The highest BCUT2D eigenvalue weighted by molar-refractivity contribution is 6.05. The third-order valence-corrected chi connectivity index (χ3v) is 5.42. The minimum absolute atomic E-state index is 0.165. The van der Waals surface area contributed by atoms with Gasteiger partial charge in [0.05, 0.1) is 41.2 Å². The summed E-state index contributed by atoms with van der Waals surface area (Å²) in [6.45, 7) is 8.69. The van der Waals surface area contributed by atoms with Crippen LogP contribution in [0.15, 0.2) is 60.0 Å². The van der Waals surface area contributed by atoms with Crippen LogP contribution in [0.3, 0.4) is 0 Å². The summed E-state index contributed by atoms with van der Waals surface area (Å²) in [5.41, 5.74) is 5.98. The molecule has 0 N–H and O–H groups in total. The third kappa shape index (κ3) is 4.26. The highest BCUT2D eigenvalue weighted by Gasteiger charge is 2.39. The fraction of sp³-hybridized carbons (Fsp3) is 0.280. The monoisotopic (exact) mass is 411 g/mol. The summed E-state index contributed by atoms with van der Waals surface area (Å²) in [7, 11) is 0. The molecule has 0 fully saturated rings. The molecule has 6 heteroatoms. The maximum Gasteiger partial charge on any atom is 0.277 e. The molecule has 0 radical (unpaired) electrons. The number of nitrogens with zero attached hydrogens (tertiary/aromatic N) is 5. The van der Waals surface area contributed by atoms with E-state index < -0.39 is 5.54 Å². The molecule has 31 heavy (non-hydrogen) atoms. The van der Waals surface area contributed by atoms with Crippen LogP contribution in [0.2, 0.25) is 0 Å². The molecule has 2 heterocycles. The standard InChI is InChI=1S/C25H25N5O/c1-17-8-18(2)10-21(9-17)23-12-25(3,4)30(28-23)24(31)22-14-27-29(16-22)15-20-7-5-6-19(11-20)13-26/h5-11,14,16H,12,15H2,1-4H3. The zero-order valence-electron chi connectivity index (χ0n) is 18.3. The Balaban J connectivity index is 1.57. The van der Waals surface area contributed by atoms with Crippen molar-refractivity contribution in [1.29, 1.82) is 5.26 Å². The number of aromatic nitrogens is 2. The molecule has 0 spiro atoms. The molecular formula is C25H25N5O. The maximum atomic E-state index is 13.3. The normalized spacial score (nSPS) is 14.9. The van der Waals surface area contributed by atoms with Gasteiger partial charge in [-0.05, 0) is 51.0 Å². The van der Waals surface area contributed by atoms with E-state index in [-0.39, 0.29) is 5.91 Å². The highest BCUT2D eigenvalue weighted by atomic mass is 16.2. The Kier molecular flexibility index (Phi) is 5.20. The highest BCUT2D eigenvalue weighted by Crippen LogP contribution is 2.31. The molecule has 1 amide bonds. The predicted molar refractivity (Wildman–Crippen MR) is 120 cm³/mol. The van der Waals surface area contributed by atoms with Crippen LogP contribution >= 0.6 is 0 Å². The molecule has 0 atom stereocenters. The van der Waals surface area contributed by atoms with E-state index in [4.69, 9.17) is 10.4 Å². The van der Waals surface area contributed by atoms with E-state index in [1.807, 2.05) is 32.0 Å². The van der Waals surface area contributed by atoms with Crippen molar-refractivity contribution in [3.63, 3.8) is 0 Å². The SMILES string of the molecule is Cc1cc(C)cc(C2=NN(C(=O)c3cnn(Cc4cccc(C#N)c4)c3)C(C)(C)C2)c1. The summed E-state index contributed by atoms with van der Waals surface area (Å²) < 4.78 is 1.71. The van der Waals surface area contributed by atoms with Gasteiger partial charge in [0.2, 0.25) is 0 Å². The first-order chi connectivity index (χ1) is 14.7. The Bertz CT molecular complexity index is 1210. The van der Waals surface area contributed by atoms with Crippen molar-refractivity contribution in [2.45, 2.75) is 46.2 Å². The first-order valence-electron chi connectivity index (χ1n) is 10.3. The van der Waals surface area contributed by atoms with E-state index >= 15 is 0 Å². The van der Waals surface area contributed by atoms with Crippen LogP contribution in [0.1, 0.15) is 58.4 Å². The van der Waals surface area contributed by atoms with Gasteiger partial charge >= 0.3 is 0 Å². The molecular weight excluding hydrogens is 386 g/mol. The molecule has 4 rings (SSSR count). The number of benzene rings is 2. The molecule has 156 valence electrons. The number of hydrogen-bond donors (Lipinski definition) is 0. The van der Waals surface area contributed by atoms with Gasteiger partial charge in [0, 0.05) is 12.6 Å². The minimum atomic E-state index is -0.423. The van der Waals surface area contributed by atoms with Crippen LogP contribution in [0.4, 0.5) is 0 Å². The van der Waals surface area contributed by atoms with Gasteiger partial charge in [-0.15, -0.1) is 0 Å². The van der Waals surface area contributed by atoms with Crippen molar-refractivity contribution in [3.8, 4) is 6.07 Å². The third-order valence-electron chi connectivity index (χ3n) is 5.42. The number of rotatable bonds is 4. The van der Waals surface area contributed by atoms with Gasteiger partial charge < -0.3 is 0 Å². The molecule has 2 aromatic carbocycles. The van der Waals surface area contributed by atoms with Crippen LogP contribution in [-0.2, 0) is 6.54 Å². The molecule has 0 unspecified atom stereocenters. The van der Waals surface area contributed by atoms with Crippen LogP contribution in [0, 0.1) is 25.2 Å². The zero-order chi connectivity index (χ0) is 22.2.